The smallest absolute Gasteiger partial charge is 0.339 e. The maximum absolute atomic E-state index is 14.2. The second-order valence-electron chi connectivity index (χ2n) is 7.77. The Bertz CT molecular complexity index is 1170. The van der Waals surface area contributed by atoms with Crippen LogP contribution in [0.25, 0.3) is 11.0 Å². The molecule has 0 saturated carbocycles. The summed E-state index contributed by atoms with van der Waals surface area (Å²) < 4.78 is 38.9. The molecule has 1 unspecified atom stereocenters. The van der Waals surface area contributed by atoms with Crippen LogP contribution in [0, 0.1) is 18.6 Å². The van der Waals surface area contributed by atoms with Crippen molar-refractivity contribution in [1.82, 2.24) is 10.2 Å². The normalized spacial score (nSPS) is 12.2. The molecule has 0 aliphatic carbocycles. The summed E-state index contributed by atoms with van der Waals surface area (Å²) in [6, 6.07) is 8.22. The summed E-state index contributed by atoms with van der Waals surface area (Å²) in [5, 5.41) is 3.48. The maximum Gasteiger partial charge on any atom is 0.339 e. The molecule has 1 heterocycles. The minimum atomic E-state index is -0.678. The molecule has 6 nitrogen and oxygen atoms in total. The number of likely N-dealkylation sites (N-methyl/N-ethyl adjacent to an activating group) is 1. The van der Waals surface area contributed by atoms with Crippen molar-refractivity contribution in [2.45, 2.75) is 25.8 Å². The molecule has 0 radical (unpaired) electrons. The summed E-state index contributed by atoms with van der Waals surface area (Å²) in [6.07, 6.45) is 0.218. The number of aryl methyl sites for hydroxylation is 1. The van der Waals surface area contributed by atoms with Crippen LogP contribution < -0.4 is 15.7 Å². The molecule has 0 saturated heterocycles. The van der Waals surface area contributed by atoms with Crippen LogP contribution in [0.3, 0.4) is 0 Å². The quantitative estimate of drug-likeness (QED) is 0.536. The van der Waals surface area contributed by atoms with E-state index in [1.807, 2.05) is 6.92 Å². The van der Waals surface area contributed by atoms with Crippen molar-refractivity contribution in [3.8, 4) is 5.75 Å². The van der Waals surface area contributed by atoms with Gasteiger partial charge in [-0.05, 0) is 57.3 Å². The summed E-state index contributed by atoms with van der Waals surface area (Å²) in [6.45, 7) is 1.83. The largest absolute Gasteiger partial charge is 0.497 e. The van der Waals surface area contributed by atoms with E-state index in [2.05, 4.69) is 5.32 Å². The van der Waals surface area contributed by atoms with Crippen LogP contribution >= 0.6 is 0 Å². The first-order chi connectivity index (χ1) is 15.2. The third kappa shape index (κ3) is 4.96. The molecule has 1 atom stereocenters. The summed E-state index contributed by atoms with van der Waals surface area (Å²) in [7, 11) is 4.89. The van der Waals surface area contributed by atoms with Gasteiger partial charge >= 0.3 is 5.63 Å². The Morgan fingerprint density at radius 3 is 2.50 bits per heavy atom. The van der Waals surface area contributed by atoms with Gasteiger partial charge in [-0.3, -0.25) is 4.79 Å². The molecule has 0 bridgehead atoms. The molecule has 1 amide bonds. The summed E-state index contributed by atoms with van der Waals surface area (Å²) in [5.74, 6) is -1.09. The van der Waals surface area contributed by atoms with E-state index in [4.69, 9.17) is 9.15 Å². The first-order valence-corrected chi connectivity index (χ1v) is 10.2. The molecular formula is C24H26F2N2O4. The maximum atomic E-state index is 14.2. The molecule has 3 aromatic rings. The van der Waals surface area contributed by atoms with Gasteiger partial charge in [-0.1, -0.05) is 6.07 Å². The molecule has 0 aliphatic rings. The van der Waals surface area contributed by atoms with Gasteiger partial charge in [-0.25, -0.2) is 13.6 Å². The van der Waals surface area contributed by atoms with E-state index in [1.54, 1.807) is 37.2 Å². The average molecular weight is 444 g/mol. The fourth-order valence-corrected chi connectivity index (χ4v) is 3.70. The van der Waals surface area contributed by atoms with E-state index < -0.39 is 23.3 Å². The Morgan fingerprint density at radius 2 is 1.88 bits per heavy atom. The van der Waals surface area contributed by atoms with Crippen molar-refractivity contribution in [2.24, 2.45) is 0 Å². The molecule has 1 aromatic heterocycles. The highest BCUT2D eigenvalue weighted by molar-refractivity contribution is 5.82. The molecule has 1 N–H and O–H groups in total. The van der Waals surface area contributed by atoms with Crippen molar-refractivity contribution >= 4 is 16.9 Å². The zero-order valence-electron chi connectivity index (χ0n) is 18.5. The van der Waals surface area contributed by atoms with Crippen LogP contribution in [0.5, 0.6) is 5.75 Å². The number of nitrogens with zero attached hydrogens (tertiary/aromatic N) is 1. The lowest BCUT2D eigenvalue weighted by atomic mass is 10.0. The summed E-state index contributed by atoms with van der Waals surface area (Å²) in [4.78, 5) is 26.5. The zero-order valence-corrected chi connectivity index (χ0v) is 18.5. The predicted molar refractivity (Wildman–Crippen MR) is 118 cm³/mol. The average Bonchev–Trinajstić information content (AvgIpc) is 2.74. The van der Waals surface area contributed by atoms with Gasteiger partial charge in [-0.2, -0.15) is 0 Å². The van der Waals surface area contributed by atoms with Gasteiger partial charge < -0.3 is 19.4 Å². The number of halogens is 2. The van der Waals surface area contributed by atoms with Crippen LogP contribution in [0.4, 0.5) is 8.78 Å². The van der Waals surface area contributed by atoms with Gasteiger partial charge in [0, 0.05) is 35.5 Å². The van der Waals surface area contributed by atoms with Crippen molar-refractivity contribution in [3.63, 3.8) is 0 Å². The van der Waals surface area contributed by atoms with E-state index in [-0.39, 0.29) is 30.9 Å². The number of rotatable bonds is 8. The van der Waals surface area contributed by atoms with Gasteiger partial charge in [0.05, 0.1) is 13.2 Å². The molecular weight excluding hydrogens is 418 g/mol. The van der Waals surface area contributed by atoms with Crippen LogP contribution in [0.2, 0.25) is 0 Å². The lowest BCUT2D eigenvalue weighted by Crippen LogP contribution is -2.35. The third-order valence-electron chi connectivity index (χ3n) is 5.55. The number of amides is 1. The third-order valence-corrected chi connectivity index (χ3v) is 5.55. The molecule has 8 heteroatoms. The van der Waals surface area contributed by atoms with E-state index >= 15 is 0 Å². The monoisotopic (exact) mass is 444 g/mol. The molecule has 3 rings (SSSR count). The minimum absolute atomic E-state index is 0.0226. The zero-order chi connectivity index (χ0) is 23.4. The van der Waals surface area contributed by atoms with Crippen LogP contribution in [-0.4, -0.2) is 38.6 Å². The first kappa shape index (κ1) is 23.4. The fraction of sp³-hybridized carbons (Fsp3) is 0.333. The summed E-state index contributed by atoms with van der Waals surface area (Å²) >= 11 is 0. The van der Waals surface area contributed by atoms with Crippen molar-refractivity contribution in [2.75, 3.05) is 27.7 Å². The number of ether oxygens (including phenoxy) is 1. The molecule has 2 aromatic carbocycles. The SMILES string of the molecule is COc1ccc2c(C)c(CCC(=O)NCC(c3c(F)cccc3F)N(C)C)c(=O)oc2c1. The number of carbonyl (C=O) groups is 1. The molecule has 32 heavy (non-hydrogen) atoms. The van der Waals surface area contributed by atoms with Crippen LogP contribution in [-0.2, 0) is 11.2 Å². The van der Waals surface area contributed by atoms with E-state index in [9.17, 15) is 18.4 Å². The second kappa shape index (κ2) is 9.91. The highest BCUT2D eigenvalue weighted by atomic mass is 19.1. The Labute approximate surface area is 184 Å². The minimum Gasteiger partial charge on any atom is -0.497 e. The highest BCUT2D eigenvalue weighted by Crippen LogP contribution is 2.25. The topological polar surface area (TPSA) is 71.8 Å². The number of fused-ring (bicyclic) bond motifs is 1. The van der Waals surface area contributed by atoms with E-state index in [1.165, 1.54) is 25.3 Å². The molecule has 170 valence electrons. The molecule has 0 aliphatic heterocycles. The lowest BCUT2D eigenvalue weighted by molar-refractivity contribution is -0.121. The number of carbonyl (C=O) groups excluding carboxylic acids is 1. The molecule has 0 fully saturated rings. The Morgan fingerprint density at radius 1 is 1.19 bits per heavy atom. The lowest BCUT2D eigenvalue weighted by Gasteiger charge is -2.25. The van der Waals surface area contributed by atoms with E-state index in [0.29, 0.717) is 16.9 Å². The van der Waals surface area contributed by atoms with Gasteiger partial charge in [0.15, 0.2) is 0 Å². The van der Waals surface area contributed by atoms with Gasteiger partial charge in [0.1, 0.15) is 23.0 Å². The van der Waals surface area contributed by atoms with Crippen LogP contribution in [0.15, 0.2) is 45.6 Å². The predicted octanol–water partition coefficient (Wildman–Crippen LogP) is 3.74. The second-order valence-corrected chi connectivity index (χ2v) is 7.77. The molecule has 0 spiro atoms. The standard InChI is InChI=1S/C24H26F2N2O4/c1-14-16-9-8-15(31-4)12-21(16)32-24(30)17(14)10-11-22(29)27-13-20(28(2)3)23-18(25)6-5-7-19(23)26/h5-9,12,20H,10-11,13H2,1-4H3,(H,27,29). The number of nitrogens with one attached hydrogen (secondary N) is 1. The van der Waals surface area contributed by atoms with Gasteiger partial charge in [0.2, 0.25) is 5.91 Å². The van der Waals surface area contributed by atoms with Crippen molar-refractivity contribution in [1.29, 1.82) is 0 Å². The fourth-order valence-electron chi connectivity index (χ4n) is 3.70. The van der Waals surface area contributed by atoms with Crippen LogP contribution in [0.1, 0.15) is 29.2 Å². The Hall–Kier alpha value is -3.26. The highest BCUT2D eigenvalue weighted by Gasteiger charge is 2.23. The Kier molecular flexibility index (Phi) is 7.25. The van der Waals surface area contributed by atoms with Gasteiger partial charge in [0.25, 0.3) is 0 Å². The van der Waals surface area contributed by atoms with Gasteiger partial charge in [-0.15, -0.1) is 0 Å². The number of hydrogen-bond donors (Lipinski definition) is 1. The number of methoxy groups -OCH3 is 1. The van der Waals surface area contributed by atoms with Crippen molar-refractivity contribution in [3.05, 3.63) is 75.1 Å². The van der Waals surface area contributed by atoms with E-state index in [0.717, 1.165) is 10.9 Å². The first-order valence-electron chi connectivity index (χ1n) is 10.2. The Balaban J connectivity index is 1.70. The number of benzene rings is 2. The summed E-state index contributed by atoms with van der Waals surface area (Å²) in [5.41, 5.74) is 0.976. The van der Waals surface area contributed by atoms with Crippen molar-refractivity contribution < 1.29 is 22.7 Å². The number of hydrogen-bond acceptors (Lipinski definition) is 5.